The summed E-state index contributed by atoms with van der Waals surface area (Å²) in [6.45, 7) is 7.84. The maximum atomic E-state index is 12.3. The maximum absolute atomic E-state index is 12.3. The van der Waals surface area contributed by atoms with Crippen LogP contribution >= 0.6 is 0 Å². The van der Waals surface area contributed by atoms with E-state index in [4.69, 9.17) is 5.11 Å². The lowest BCUT2D eigenvalue weighted by atomic mass is 9.70. The van der Waals surface area contributed by atoms with Gasteiger partial charge in [0, 0.05) is 38.4 Å². The van der Waals surface area contributed by atoms with E-state index < -0.39 is 35.6 Å². The summed E-state index contributed by atoms with van der Waals surface area (Å²) in [5, 5.41) is 9.27. The average molecular weight is 615 g/mol. The van der Waals surface area contributed by atoms with Gasteiger partial charge in [0.2, 0.25) is 0 Å². The van der Waals surface area contributed by atoms with Crippen LogP contribution in [-0.4, -0.2) is 36.0 Å². The second-order valence-corrected chi connectivity index (χ2v) is 10.5. The van der Waals surface area contributed by atoms with E-state index in [1.54, 1.807) is 5.56 Å². The van der Waals surface area contributed by atoms with Crippen molar-refractivity contribution < 1.29 is 36.2 Å². The molecule has 2 aliphatic carbocycles. The Morgan fingerprint density at radius 1 is 0.907 bits per heavy atom. The van der Waals surface area contributed by atoms with Gasteiger partial charge >= 0.3 is 12.4 Å². The standard InChI is InChI=1S/C20H25NO.C9H5F6NO.C2H6.CH4O/c1-14-5-2-3-7-18(14)19-8-4-6-15-12-21(13-20(15)19)16-9-10-17(22)11-16;10-8(11,12)6-1-5(4-16-17)2-7(3-6)9(13,14)15;2*1-2/h2-3,5,7,11,15,19-20H,4,6,8-10,12-13H2,1H3;1-3H,4H2;1-2H3;2H,1H3/t15?,19?,20-;;;/m1.../s1. The third-order valence-corrected chi connectivity index (χ3v) is 7.94. The smallest absolute Gasteiger partial charge is 0.400 e. The number of nitrogens with zero attached hydrogens (tertiary/aromatic N) is 2. The van der Waals surface area contributed by atoms with Gasteiger partial charge in [-0.15, -0.1) is 0 Å². The van der Waals surface area contributed by atoms with Gasteiger partial charge in [-0.3, -0.25) is 4.79 Å². The molecule has 3 atom stereocenters. The monoisotopic (exact) mass is 614 g/mol. The molecule has 1 N–H and O–H groups in total. The molecule has 1 saturated carbocycles. The Hall–Kier alpha value is -3.21. The molecule has 3 aliphatic rings. The summed E-state index contributed by atoms with van der Waals surface area (Å²) < 4.78 is 73.8. The highest BCUT2D eigenvalue weighted by Gasteiger charge is 2.42. The van der Waals surface area contributed by atoms with Crippen LogP contribution in [0.15, 0.2) is 59.4 Å². The Morgan fingerprint density at radius 3 is 2.02 bits per heavy atom. The van der Waals surface area contributed by atoms with Crippen molar-refractivity contribution in [1.82, 2.24) is 4.90 Å². The second kappa shape index (κ2) is 16.0. The molecule has 0 aromatic heterocycles. The number of ketones is 1. The van der Waals surface area contributed by atoms with E-state index in [1.165, 1.54) is 37.1 Å². The molecule has 11 heteroatoms. The predicted molar refractivity (Wildman–Crippen MR) is 154 cm³/mol. The van der Waals surface area contributed by atoms with Gasteiger partial charge in [-0.1, -0.05) is 49.7 Å². The van der Waals surface area contributed by atoms with Crippen LogP contribution < -0.4 is 0 Å². The van der Waals surface area contributed by atoms with Crippen LogP contribution in [0.5, 0.6) is 0 Å². The number of aryl methyl sites for hydroxylation is 1. The van der Waals surface area contributed by atoms with Crippen molar-refractivity contribution in [1.29, 1.82) is 0 Å². The average Bonchev–Trinajstić information content (AvgIpc) is 3.61. The van der Waals surface area contributed by atoms with E-state index in [9.17, 15) is 36.0 Å². The third kappa shape index (κ3) is 9.64. The van der Waals surface area contributed by atoms with Gasteiger partial charge in [0.1, 0.15) is 6.54 Å². The van der Waals surface area contributed by atoms with E-state index >= 15 is 0 Å². The van der Waals surface area contributed by atoms with Gasteiger partial charge in [0.25, 0.3) is 0 Å². The summed E-state index contributed by atoms with van der Waals surface area (Å²) in [5.41, 5.74) is 0.986. The highest BCUT2D eigenvalue weighted by molar-refractivity contribution is 5.92. The van der Waals surface area contributed by atoms with Crippen molar-refractivity contribution in [3.05, 3.63) is 87.0 Å². The third-order valence-electron chi connectivity index (χ3n) is 7.94. The van der Waals surface area contributed by atoms with Crippen molar-refractivity contribution in [3.8, 4) is 0 Å². The molecule has 2 unspecified atom stereocenters. The lowest BCUT2D eigenvalue weighted by molar-refractivity contribution is -0.143. The van der Waals surface area contributed by atoms with Gasteiger partial charge in [-0.25, -0.2) is 0 Å². The summed E-state index contributed by atoms with van der Waals surface area (Å²) >= 11 is 0. The van der Waals surface area contributed by atoms with Crippen LogP contribution in [0, 0.1) is 23.7 Å². The number of benzene rings is 2. The minimum atomic E-state index is -4.90. The number of aliphatic hydroxyl groups excluding tert-OH is 1. The molecule has 1 saturated heterocycles. The van der Waals surface area contributed by atoms with Crippen LogP contribution in [0.1, 0.15) is 79.7 Å². The van der Waals surface area contributed by atoms with E-state index in [-0.39, 0.29) is 6.07 Å². The second-order valence-electron chi connectivity index (χ2n) is 10.5. The number of hydrogen-bond donors (Lipinski definition) is 1. The predicted octanol–water partition coefficient (Wildman–Crippen LogP) is 8.68. The zero-order chi connectivity index (χ0) is 32.4. The molecule has 1 heterocycles. The van der Waals surface area contributed by atoms with Crippen LogP contribution in [0.4, 0.5) is 26.3 Å². The zero-order valence-electron chi connectivity index (χ0n) is 24.9. The lowest BCUT2D eigenvalue weighted by Crippen LogP contribution is -2.26. The number of nitroso groups, excluding NO2 is 1. The van der Waals surface area contributed by atoms with Gasteiger partial charge in [-0.2, -0.15) is 31.2 Å². The molecule has 0 radical (unpaired) electrons. The number of alkyl halides is 6. The summed E-state index contributed by atoms with van der Waals surface area (Å²) in [7, 11) is 1.00. The summed E-state index contributed by atoms with van der Waals surface area (Å²) in [4.78, 5) is 24.0. The highest BCUT2D eigenvalue weighted by Crippen LogP contribution is 2.47. The summed E-state index contributed by atoms with van der Waals surface area (Å²) in [6, 6.07) is 9.86. The fourth-order valence-electron chi connectivity index (χ4n) is 6.11. The molecule has 43 heavy (non-hydrogen) atoms. The van der Waals surface area contributed by atoms with Gasteiger partial charge in [0.05, 0.1) is 11.1 Å². The molecule has 2 fully saturated rings. The largest absolute Gasteiger partial charge is 0.416 e. The molecule has 0 amide bonds. The number of rotatable bonds is 4. The quantitative estimate of drug-likeness (QED) is 0.276. The first kappa shape index (κ1) is 36.0. The molecule has 0 bridgehead atoms. The topological polar surface area (TPSA) is 70.0 Å². The first-order chi connectivity index (χ1) is 20.4. The Morgan fingerprint density at radius 2 is 1.51 bits per heavy atom. The van der Waals surface area contributed by atoms with Crippen LogP contribution in [-0.2, 0) is 23.7 Å². The number of allylic oxidation sites excluding steroid dienone is 2. The lowest BCUT2D eigenvalue weighted by Gasteiger charge is -2.34. The van der Waals surface area contributed by atoms with Crippen LogP contribution in [0.3, 0.4) is 0 Å². The van der Waals surface area contributed by atoms with Gasteiger partial charge in [-0.05, 0) is 78.8 Å². The number of hydrogen-bond acceptors (Lipinski definition) is 5. The molecular weight excluding hydrogens is 574 g/mol. The van der Waals surface area contributed by atoms with E-state index in [0.29, 0.717) is 23.8 Å². The summed E-state index contributed by atoms with van der Waals surface area (Å²) in [6.07, 6.45) is -2.16. The van der Waals surface area contributed by atoms with E-state index in [0.717, 1.165) is 38.3 Å². The minimum absolute atomic E-state index is 0.00565. The first-order valence-corrected chi connectivity index (χ1v) is 14.4. The van der Waals surface area contributed by atoms with Gasteiger partial charge < -0.3 is 10.0 Å². The first-order valence-electron chi connectivity index (χ1n) is 14.4. The Bertz CT molecular complexity index is 1210. The SMILES string of the molecule is CC.CO.Cc1ccccc1C1CCCC2CN(C3=CC(=O)CC3)C[C@H]21.O=NCc1cc(C(F)(F)F)cc(C(F)(F)F)c1. The number of aliphatic hydroxyl groups is 1. The number of carbonyl (C=O) groups is 1. The fraction of sp³-hybridized carbons (Fsp3) is 0.531. The normalized spacial score (nSPS) is 21.3. The van der Waals surface area contributed by atoms with Crippen molar-refractivity contribution in [2.45, 2.75) is 77.7 Å². The Balaban J connectivity index is 0.000000278. The Kier molecular flexibility index (Phi) is 13.4. The minimum Gasteiger partial charge on any atom is -0.400 e. The van der Waals surface area contributed by atoms with Crippen molar-refractivity contribution in [2.24, 2.45) is 17.0 Å². The molecule has 2 aromatic carbocycles. The molecule has 5 rings (SSSR count). The van der Waals surface area contributed by atoms with Crippen molar-refractivity contribution in [2.75, 3.05) is 20.2 Å². The van der Waals surface area contributed by atoms with E-state index in [2.05, 4.69) is 41.3 Å². The highest BCUT2D eigenvalue weighted by atomic mass is 19.4. The number of carbonyl (C=O) groups excluding carboxylic acids is 1. The molecule has 5 nitrogen and oxygen atoms in total. The molecule has 2 aromatic rings. The number of fused-ring (bicyclic) bond motifs is 1. The number of likely N-dealkylation sites (tertiary alicyclic amines) is 1. The summed E-state index contributed by atoms with van der Waals surface area (Å²) in [5.74, 6) is 2.62. The van der Waals surface area contributed by atoms with Crippen molar-refractivity contribution >= 4 is 5.78 Å². The molecular formula is C32H40F6N2O3. The van der Waals surface area contributed by atoms with E-state index in [1.807, 2.05) is 19.9 Å². The van der Waals surface area contributed by atoms with Crippen LogP contribution in [0.25, 0.3) is 0 Å². The fourth-order valence-corrected chi connectivity index (χ4v) is 6.11. The molecule has 1 aliphatic heterocycles. The number of halogens is 6. The zero-order valence-corrected chi connectivity index (χ0v) is 24.9. The van der Waals surface area contributed by atoms with Crippen molar-refractivity contribution in [3.63, 3.8) is 0 Å². The van der Waals surface area contributed by atoms with Crippen LogP contribution in [0.2, 0.25) is 0 Å². The maximum Gasteiger partial charge on any atom is 0.416 e. The molecule has 238 valence electrons. The molecule has 0 spiro atoms. The Labute approximate surface area is 249 Å². The van der Waals surface area contributed by atoms with Gasteiger partial charge in [0.15, 0.2) is 5.78 Å².